The predicted octanol–water partition coefficient (Wildman–Crippen LogP) is 6.70. The highest BCUT2D eigenvalue weighted by Crippen LogP contribution is 2.38. The number of Topliss-reactive ketones (excluding diaryl/α,β-unsaturated/α-hetero) is 1. The predicted molar refractivity (Wildman–Crippen MR) is 156 cm³/mol. The second-order valence-electron chi connectivity index (χ2n) is 9.91. The average molecular weight is 585 g/mol. The van der Waals surface area contributed by atoms with Crippen LogP contribution in [-0.2, 0) is 14.3 Å². The van der Waals surface area contributed by atoms with Gasteiger partial charge in [-0.1, -0.05) is 59.6 Å². The van der Waals surface area contributed by atoms with Gasteiger partial charge in [-0.3, -0.25) is 19.3 Å². The molecule has 6 rings (SSSR count). The number of ether oxygens (including phenoxy) is 1. The molecule has 0 N–H and O–H groups in total. The molecule has 1 saturated heterocycles. The third-order valence-corrected chi connectivity index (χ3v) is 8.00. The van der Waals surface area contributed by atoms with E-state index in [1.807, 2.05) is 12.2 Å². The minimum atomic E-state index is -0.704. The highest BCUT2D eigenvalue weighted by molar-refractivity contribution is 6.35. The van der Waals surface area contributed by atoms with Crippen LogP contribution in [0.25, 0.3) is 22.2 Å². The Balaban J connectivity index is 1.29. The van der Waals surface area contributed by atoms with E-state index in [0.29, 0.717) is 56.3 Å². The number of fused-ring (bicyclic) bond motifs is 2. The van der Waals surface area contributed by atoms with Crippen molar-refractivity contribution in [3.05, 3.63) is 106 Å². The van der Waals surface area contributed by atoms with E-state index in [-0.39, 0.29) is 35.0 Å². The molecule has 2 amide bonds. The number of esters is 1. The smallest absolute Gasteiger partial charge is 0.339 e. The van der Waals surface area contributed by atoms with Crippen molar-refractivity contribution < 1.29 is 23.9 Å². The quantitative estimate of drug-likeness (QED) is 0.108. The van der Waals surface area contributed by atoms with Crippen LogP contribution in [0, 0.1) is 11.8 Å². The molecule has 0 radical (unpaired) electrons. The number of benzene rings is 3. The number of allylic oxidation sites excluding steroid dienone is 2. The van der Waals surface area contributed by atoms with Crippen molar-refractivity contribution in [3.8, 4) is 11.3 Å². The van der Waals surface area contributed by atoms with Gasteiger partial charge in [0, 0.05) is 21.5 Å². The number of hydrogen-bond donors (Lipinski definition) is 0. The first kappa shape index (κ1) is 26.9. The molecule has 7 nitrogen and oxygen atoms in total. The molecule has 2 heterocycles. The van der Waals surface area contributed by atoms with Gasteiger partial charge in [-0.25, -0.2) is 9.78 Å². The first-order chi connectivity index (χ1) is 19.8. The zero-order valence-electron chi connectivity index (χ0n) is 21.6. The number of pyridine rings is 1. The molecule has 41 heavy (non-hydrogen) atoms. The lowest BCUT2D eigenvalue weighted by Gasteiger charge is -2.16. The summed E-state index contributed by atoms with van der Waals surface area (Å²) in [6.45, 7) is -0.454. The number of carbonyl (C=O) groups excluding carboxylic acids is 4. The Morgan fingerprint density at radius 3 is 2.20 bits per heavy atom. The van der Waals surface area contributed by atoms with Crippen molar-refractivity contribution in [3.63, 3.8) is 0 Å². The molecule has 0 unspecified atom stereocenters. The van der Waals surface area contributed by atoms with Crippen LogP contribution in [0.1, 0.15) is 33.6 Å². The molecule has 0 spiro atoms. The summed E-state index contributed by atoms with van der Waals surface area (Å²) in [6, 6.07) is 19.8. The van der Waals surface area contributed by atoms with E-state index in [1.165, 1.54) is 4.90 Å². The van der Waals surface area contributed by atoms with E-state index in [4.69, 9.17) is 27.9 Å². The number of nitrogens with zero attached hydrogens (tertiary/aromatic N) is 2. The summed E-state index contributed by atoms with van der Waals surface area (Å²) in [6.07, 6.45) is 5.03. The van der Waals surface area contributed by atoms with Gasteiger partial charge in [0.15, 0.2) is 12.4 Å². The zero-order valence-corrected chi connectivity index (χ0v) is 23.1. The van der Waals surface area contributed by atoms with E-state index in [9.17, 15) is 19.2 Å². The van der Waals surface area contributed by atoms with Gasteiger partial charge in [0.1, 0.15) is 0 Å². The highest BCUT2D eigenvalue weighted by Gasteiger charge is 2.47. The molecule has 1 fully saturated rings. The number of halogens is 2. The summed E-state index contributed by atoms with van der Waals surface area (Å²) in [7, 11) is 0. The van der Waals surface area contributed by atoms with Crippen LogP contribution in [0.4, 0.5) is 5.69 Å². The Bertz CT molecular complexity index is 1720. The summed E-state index contributed by atoms with van der Waals surface area (Å²) in [5, 5.41) is 1.32. The van der Waals surface area contributed by atoms with Crippen LogP contribution in [0.5, 0.6) is 0 Å². The van der Waals surface area contributed by atoms with Crippen molar-refractivity contribution in [2.75, 3.05) is 11.5 Å². The molecule has 1 aliphatic carbocycles. The lowest BCUT2D eigenvalue weighted by molar-refractivity contribution is -0.122. The van der Waals surface area contributed by atoms with Crippen LogP contribution in [0.3, 0.4) is 0 Å². The maximum absolute atomic E-state index is 13.2. The number of ketones is 1. The Morgan fingerprint density at radius 2 is 1.54 bits per heavy atom. The van der Waals surface area contributed by atoms with E-state index < -0.39 is 12.6 Å². The molecular formula is C32H22Cl2N2O5. The van der Waals surface area contributed by atoms with Gasteiger partial charge in [0.05, 0.1) is 39.3 Å². The Morgan fingerprint density at radius 1 is 0.878 bits per heavy atom. The second-order valence-corrected chi connectivity index (χ2v) is 10.8. The Labute approximate surface area is 245 Å². The van der Waals surface area contributed by atoms with Crippen LogP contribution in [0.2, 0.25) is 10.0 Å². The molecule has 0 saturated carbocycles. The maximum atomic E-state index is 13.2. The van der Waals surface area contributed by atoms with Crippen molar-refractivity contribution >= 4 is 63.4 Å². The maximum Gasteiger partial charge on any atom is 0.339 e. The highest BCUT2D eigenvalue weighted by atomic mass is 35.5. The molecular weight excluding hydrogens is 563 g/mol. The molecule has 1 aromatic heterocycles. The first-order valence-corrected chi connectivity index (χ1v) is 13.8. The molecule has 0 bridgehead atoms. The fraction of sp³-hybridized carbons (Fsp3) is 0.156. The SMILES string of the molecule is O=C(COC(=O)c1cc(-c2ccc(N3C(=O)[C@H]4CC=CC[C@H]4C3=O)cc2)nc2c(Cl)cccc12)c1ccc(Cl)cc1. The number of aromatic nitrogens is 1. The topological polar surface area (TPSA) is 93.6 Å². The average Bonchev–Trinajstić information content (AvgIpc) is 3.25. The van der Waals surface area contributed by atoms with Gasteiger partial charge in [0.25, 0.3) is 0 Å². The second kappa shape index (κ2) is 10.9. The third-order valence-electron chi connectivity index (χ3n) is 7.44. The number of hydrogen-bond acceptors (Lipinski definition) is 6. The number of amides is 2. The fourth-order valence-corrected chi connectivity index (χ4v) is 5.64. The van der Waals surface area contributed by atoms with Crippen LogP contribution in [0.15, 0.2) is 84.9 Å². The third kappa shape index (κ3) is 5.03. The normalized spacial score (nSPS) is 18.0. The van der Waals surface area contributed by atoms with Gasteiger partial charge in [-0.05, 0) is 61.4 Å². The fourth-order valence-electron chi connectivity index (χ4n) is 5.29. The Hall–Kier alpha value is -4.33. The minimum absolute atomic E-state index is 0.189. The van der Waals surface area contributed by atoms with Crippen LogP contribution < -0.4 is 4.90 Å². The lowest BCUT2D eigenvalue weighted by Crippen LogP contribution is -2.30. The van der Waals surface area contributed by atoms with Crippen molar-refractivity contribution in [1.82, 2.24) is 4.98 Å². The van der Waals surface area contributed by atoms with Crippen LogP contribution in [-0.4, -0.2) is 35.2 Å². The largest absolute Gasteiger partial charge is 0.454 e. The monoisotopic (exact) mass is 584 g/mol. The number of rotatable bonds is 6. The van der Waals surface area contributed by atoms with Gasteiger partial charge < -0.3 is 4.74 Å². The molecule has 1 aliphatic heterocycles. The molecule has 4 aromatic rings. The molecule has 3 aromatic carbocycles. The van der Waals surface area contributed by atoms with Gasteiger partial charge >= 0.3 is 5.97 Å². The lowest BCUT2D eigenvalue weighted by atomic mass is 9.85. The standard InChI is InChI=1S/C32H22Cl2N2O5/c33-20-12-8-19(9-13-20)28(37)17-41-32(40)25-16-27(35-29-22(25)6-3-7-26(29)34)18-10-14-21(15-11-18)36-30(38)23-4-1-2-5-24(23)31(36)39/h1-3,6-16,23-24H,4-5,17H2/t23-,24+. The zero-order chi connectivity index (χ0) is 28.7. The minimum Gasteiger partial charge on any atom is -0.454 e. The van der Waals surface area contributed by atoms with Gasteiger partial charge in [-0.2, -0.15) is 0 Å². The summed E-state index contributed by atoms with van der Waals surface area (Å²) >= 11 is 12.3. The number of imide groups is 1. The van der Waals surface area contributed by atoms with Crippen molar-refractivity contribution in [1.29, 1.82) is 0 Å². The van der Waals surface area contributed by atoms with Gasteiger partial charge in [-0.15, -0.1) is 0 Å². The van der Waals surface area contributed by atoms with Crippen molar-refractivity contribution in [2.24, 2.45) is 11.8 Å². The molecule has 9 heteroatoms. The van der Waals surface area contributed by atoms with E-state index in [1.54, 1.807) is 72.8 Å². The number of carbonyl (C=O) groups is 4. The first-order valence-electron chi connectivity index (χ1n) is 13.0. The summed E-state index contributed by atoms with van der Waals surface area (Å²) in [5.41, 5.74) is 2.52. The molecule has 2 aliphatic rings. The van der Waals surface area contributed by atoms with Crippen LogP contribution >= 0.6 is 23.2 Å². The summed E-state index contributed by atoms with van der Waals surface area (Å²) in [4.78, 5) is 57.7. The Kier molecular flexibility index (Phi) is 7.15. The van der Waals surface area contributed by atoms with E-state index >= 15 is 0 Å². The summed E-state index contributed by atoms with van der Waals surface area (Å²) in [5.74, 6) is -2.10. The van der Waals surface area contributed by atoms with E-state index in [0.717, 1.165) is 0 Å². The molecule has 204 valence electrons. The van der Waals surface area contributed by atoms with E-state index in [2.05, 4.69) is 4.98 Å². The van der Waals surface area contributed by atoms with Gasteiger partial charge in [0.2, 0.25) is 11.8 Å². The summed E-state index contributed by atoms with van der Waals surface area (Å²) < 4.78 is 5.39. The van der Waals surface area contributed by atoms with Crippen molar-refractivity contribution in [2.45, 2.75) is 12.8 Å². The number of anilines is 1. The number of para-hydroxylation sites is 1. The molecule has 2 atom stereocenters.